The molecule has 190 valence electrons. The number of hydrogen-bond donors (Lipinski definition) is 1. The molecule has 1 amide bonds. The van der Waals surface area contributed by atoms with Gasteiger partial charge in [-0.1, -0.05) is 19.1 Å². The molecule has 0 saturated carbocycles. The van der Waals surface area contributed by atoms with Crippen molar-refractivity contribution in [3.05, 3.63) is 70.8 Å². The molecular weight excluding hydrogens is 460 g/mol. The quantitative estimate of drug-likeness (QED) is 0.623. The summed E-state index contributed by atoms with van der Waals surface area (Å²) in [6.45, 7) is 8.61. The van der Waals surface area contributed by atoms with Crippen molar-refractivity contribution in [1.29, 1.82) is 0 Å². The SMILES string of the molecule is CC(C)N1C[C@@H](C(=O)N2CC[C@H](C)[C@@](O)(c3ccc(F)cc3F)[C@@H]2C)[C@H](c2ccc(F)cc2F)C1. The Labute approximate surface area is 203 Å². The van der Waals surface area contributed by atoms with Gasteiger partial charge in [-0.25, -0.2) is 17.6 Å². The minimum Gasteiger partial charge on any atom is -0.383 e. The monoisotopic (exact) mass is 492 g/mol. The standard InChI is InChI=1S/C27H32F4N2O2/c1-15(2)32-13-21(20-7-5-18(28)11-24(20)30)22(14-32)26(34)33-10-9-16(3)27(35,17(33)4)23-8-6-19(29)12-25(23)31/h5-8,11-12,15-17,21-22,35H,9-10,13-14H2,1-4H3/t16-,17-,21-,22+,27-/m0/s1. The number of likely N-dealkylation sites (tertiary alicyclic amines) is 2. The first-order valence-corrected chi connectivity index (χ1v) is 12.1. The Morgan fingerprint density at radius 2 is 1.63 bits per heavy atom. The topological polar surface area (TPSA) is 43.8 Å². The normalized spacial score (nSPS) is 29.7. The van der Waals surface area contributed by atoms with Gasteiger partial charge in [0.2, 0.25) is 5.91 Å². The van der Waals surface area contributed by atoms with Crippen molar-refractivity contribution in [1.82, 2.24) is 9.80 Å². The lowest BCUT2D eigenvalue weighted by Crippen LogP contribution is -2.60. The summed E-state index contributed by atoms with van der Waals surface area (Å²) in [4.78, 5) is 17.6. The van der Waals surface area contributed by atoms with Gasteiger partial charge in [0, 0.05) is 49.3 Å². The maximum Gasteiger partial charge on any atom is 0.228 e. The fourth-order valence-electron chi connectivity index (χ4n) is 5.84. The van der Waals surface area contributed by atoms with Crippen LogP contribution in [0.4, 0.5) is 17.6 Å². The Kier molecular flexibility index (Phi) is 6.99. The number of carbonyl (C=O) groups is 1. The summed E-state index contributed by atoms with van der Waals surface area (Å²) < 4.78 is 56.7. The summed E-state index contributed by atoms with van der Waals surface area (Å²) in [7, 11) is 0. The van der Waals surface area contributed by atoms with Gasteiger partial charge < -0.3 is 10.0 Å². The molecule has 8 heteroatoms. The summed E-state index contributed by atoms with van der Waals surface area (Å²) >= 11 is 0. The minimum absolute atomic E-state index is 0.0484. The van der Waals surface area contributed by atoms with Gasteiger partial charge >= 0.3 is 0 Å². The number of nitrogens with zero attached hydrogens (tertiary/aromatic N) is 2. The molecule has 0 aliphatic carbocycles. The molecule has 0 radical (unpaired) electrons. The number of benzene rings is 2. The Morgan fingerprint density at radius 3 is 2.23 bits per heavy atom. The average Bonchev–Trinajstić information content (AvgIpc) is 3.23. The highest BCUT2D eigenvalue weighted by atomic mass is 19.1. The fraction of sp³-hybridized carbons (Fsp3) is 0.519. The minimum atomic E-state index is -1.72. The van der Waals surface area contributed by atoms with Gasteiger partial charge in [-0.3, -0.25) is 9.69 Å². The number of aliphatic hydroxyl groups is 1. The number of piperidine rings is 1. The molecule has 4 rings (SSSR count). The molecular formula is C27H32F4N2O2. The van der Waals surface area contributed by atoms with E-state index in [2.05, 4.69) is 4.90 Å². The second kappa shape index (κ2) is 9.54. The number of amides is 1. The lowest BCUT2D eigenvalue weighted by atomic mass is 9.71. The van der Waals surface area contributed by atoms with Crippen LogP contribution in [0.25, 0.3) is 0 Å². The molecule has 2 aliphatic heterocycles. The summed E-state index contributed by atoms with van der Waals surface area (Å²) in [5.74, 6) is -4.74. The van der Waals surface area contributed by atoms with Gasteiger partial charge in [0.15, 0.2) is 0 Å². The van der Waals surface area contributed by atoms with Crippen molar-refractivity contribution in [2.45, 2.75) is 57.7 Å². The van der Waals surface area contributed by atoms with Crippen LogP contribution in [-0.2, 0) is 10.4 Å². The molecule has 2 aliphatic rings. The third kappa shape index (κ3) is 4.47. The predicted octanol–water partition coefficient (Wildman–Crippen LogP) is 4.81. The Hall–Kier alpha value is -2.45. The zero-order valence-corrected chi connectivity index (χ0v) is 20.4. The van der Waals surface area contributed by atoms with Gasteiger partial charge in [0.05, 0.1) is 12.0 Å². The zero-order chi connectivity index (χ0) is 25.7. The Balaban J connectivity index is 1.69. The van der Waals surface area contributed by atoms with E-state index in [4.69, 9.17) is 0 Å². The first-order valence-electron chi connectivity index (χ1n) is 12.1. The summed E-state index contributed by atoms with van der Waals surface area (Å²) in [5, 5.41) is 11.7. The van der Waals surface area contributed by atoms with Crippen molar-refractivity contribution in [2.24, 2.45) is 11.8 Å². The lowest BCUT2D eigenvalue weighted by Gasteiger charge is -2.50. The predicted molar refractivity (Wildman–Crippen MR) is 125 cm³/mol. The molecule has 4 nitrogen and oxygen atoms in total. The molecule has 2 heterocycles. The van der Waals surface area contributed by atoms with Crippen LogP contribution in [-0.4, -0.2) is 52.5 Å². The van der Waals surface area contributed by atoms with Gasteiger partial charge in [0.25, 0.3) is 0 Å². The summed E-state index contributed by atoms with van der Waals surface area (Å²) in [6, 6.07) is 5.80. The maximum absolute atomic E-state index is 14.8. The molecule has 5 atom stereocenters. The number of halogens is 4. The van der Waals surface area contributed by atoms with Crippen LogP contribution in [0.1, 0.15) is 51.2 Å². The highest BCUT2D eigenvalue weighted by Gasteiger charge is 2.52. The maximum atomic E-state index is 14.8. The van der Waals surface area contributed by atoms with Crippen LogP contribution in [0.3, 0.4) is 0 Å². The first-order chi connectivity index (χ1) is 16.4. The van der Waals surface area contributed by atoms with E-state index in [-0.39, 0.29) is 29.0 Å². The van der Waals surface area contributed by atoms with E-state index >= 15 is 0 Å². The molecule has 35 heavy (non-hydrogen) atoms. The smallest absolute Gasteiger partial charge is 0.228 e. The van der Waals surface area contributed by atoms with E-state index in [0.29, 0.717) is 26.1 Å². The van der Waals surface area contributed by atoms with E-state index in [1.165, 1.54) is 18.2 Å². The third-order valence-corrected chi connectivity index (χ3v) is 8.06. The molecule has 0 bridgehead atoms. The van der Waals surface area contributed by atoms with Crippen LogP contribution in [0.15, 0.2) is 36.4 Å². The van der Waals surface area contributed by atoms with E-state index in [1.54, 1.807) is 18.7 Å². The lowest BCUT2D eigenvalue weighted by molar-refractivity contribution is -0.160. The molecule has 1 N–H and O–H groups in total. The van der Waals surface area contributed by atoms with Gasteiger partial charge in [-0.2, -0.15) is 0 Å². The van der Waals surface area contributed by atoms with Crippen molar-refractivity contribution in [3.8, 4) is 0 Å². The van der Waals surface area contributed by atoms with Crippen molar-refractivity contribution < 1.29 is 27.5 Å². The molecule has 0 spiro atoms. The third-order valence-electron chi connectivity index (χ3n) is 8.06. The molecule has 2 aromatic rings. The largest absolute Gasteiger partial charge is 0.383 e. The Bertz CT molecular complexity index is 1110. The summed E-state index contributed by atoms with van der Waals surface area (Å²) in [6.07, 6.45) is 0.416. The van der Waals surface area contributed by atoms with Crippen LogP contribution in [0.5, 0.6) is 0 Å². The molecule has 0 aromatic heterocycles. The van der Waals surface area contributed by atoms with E-state index < -0.39 is 46.7 Å². The second-order valence-corrected chi connectivity index (χ2v) is 10.3. The first kappa shape index (κ1) is 25.6. The number of rotatable bonds is 4. The number of hydrogen-bond acceptors (Lipinski definition) is 3. The van der Waals surface area contributed by atoms with E-state index in [1.807, 2.05) is 13.8 Å². The van der Waals surface area contributed by atoms with E-state index in [9.17, 15) is 27.5 Å². The molecule has 0 unspecified atom stereocenters. The molecule has 2 saturated heterocycles. The van der Waals surface area contributed by atoms with Crippen molar-refractivity contribution >= 4 is 5.91 Å². The van der Waals surface area contributed by atoms with Crippen LogP contribution in [0, 0.1) is 35.1 Å². The number of carbonyl (C=O) groups excluding carboxylic acids is 1. The molecule has 2 aromatic carbocycles. The highest BCUT2D eigenvalue weighted by Crippen LogP contribution is 2.44. The fourth-order valence-corrected chi connectivity index (χ4v) is 5.84. The van der Waals surface area contributed by atoms with Crippen molar-refractivity contribution in [2.75, 3.05) is 19.6 Å². The second-order valence-electron chi connectivity index (χ2n) is 10.3. The van der Waals surface area contributed by atoms with Crippen molar-refractivity contribution in [3.63, 3.8) is 0 Å². The van der Waals surface area contributed by atoms with Gasteiger partial charge in [-0.15, -0.1) is 0 Å². The molecule has 2 fully saturated rings. The van der Waals surface area contributed by atoms with Crippen LogP contribution in [0.2, 0.25) is 0 Å². The highest BCUT2D eigenvalue weighted by molar-refractivity contribution is 5.81. The Morgan fingerprint density at radius 1 is 1.00 bits per heavy atom. The van der Waals surface area contributed by atoms with Crippen LogP contribution >= 0.6 is 0 Å². The summed E-state index contributed by atoms with van der Waals surface area (Å²) in [5.41, 5.74) is -1.49. The van der Waals surface area contributed by atoms with Crippen LogP contribution < -0.4 is 0 Å². The van der Waals surface area contributed by atoms with E-state index in [0.717, 1.165) is 18.2 Å². The van der Waals surface area contributed by atoms with Gasteiger partial charge in [-0.05, 0) is 50.8 Å². The average molecular weight is 493 g/mol. The zero-order valence-electron chi connectivity index (χ0n) is 20.4. The van der Waals surface area contributed by atoms with Gasteiger partial charge in [0.1, 0.15) is 28.9 Å².